The summed E-state index contributed by atoms with van der Waals surface area (Å²) in [5.74, 6) is -1.35. The lowest BCUT2D eigenvalue weighted by atomic mass is 9.95. The third kappa shape index (κ3) is 5.53. The molecule has 0 heterocycles. The quantitative estimate of drug-likeness (QED) is 0.283. The Kier molecular flexibility index (Phi) is 6.56. The fraction of sp³-hybridized carbons (Fsp3) is 0.263. The highest BCUT2D eigenvalue weighted by Crippen LogP contribution is 2.36. The van der Waals surface area contributed by atoms with E-state index in [0.717, 1.165) is 0 Å². The average molecular weight is 344 g/mol. The van der Waals surface area contributed by atoms with Crippen molar-refractivity contribution in [3.8, 4) is 11.5 Å². The van der Waals surface area contributed by atoms with Gasteiger partial charge in [-0.1, -0.05) is 51.7 Å². The van der Waals surface area contributed by atoms with Crippen molar-refractivity contribution in [3.05, 3.63) is 48.6 Å². The predicted octanol–water partition coefficient (Wildman–Crippen LogP) is 3.71. The Morgan fingerprint density at radius 2 is 1.60 bits per heavy atom. The second-order valence-electron chi connectivity index (χ2n) is 6.40. The Hall–Kier alpha value is -3.02. The van der Waals surface area contributed by atoms with Crippen LogP contribution in [0.4, 0.5) is 11.4 Å². The SMILES string of the molecule is C=C/C=C(\C=C/C)C(=O)Nc1cc(O)c(NC(=O)C(C)(C)C)cc1O. The molecule has 0 saturated carbocycles. The molecule has 0 spiro atoms. The van der Waals surface area contributed by atoms with E-state index in [1.165, 1.54) is 24.3 Å². The zero-order valence-electron chi connectivity index (χ0n) is 14.9. The normalized spacial score (nSPS) is 12.1. The van der Waals surface area contributed by atoms with Crippen LogP contribution < -0.4 is 10.6 Å². The largest absolute Gasteiger partial charge is 0.506 e. The van der Waals surface area contributed by atoms with Crippen LogP contribution in [0.25, 0.3) is 0 Å². The van der Waals surface area contributed by atoms with Crippen LogP contribution in [0.3, 0.4) is 0 Å². The second-order valence-corrected chi connectivity index (χ2v) is 6.40. The van der Waals surface area contributed by atoms with E-state index in [1.807, 2.05) is 0 Å². The van der Waals surface area contributed by atoms with E-state index in [-0.39, 0.29) is 28.8 Å². The summed E-state index contributed by atoms with van der Waals surface area (Å²) in [6, 6.07) is 2.35. The highest BCUT2D eigenvalue weighted by molar-refractivity contribution is 6.07. The van der Waals surface area contributed by atoms with E-state index < -0.39 is 11.3 Å². The number of benzene rings is 1. The third-order valence-electron chi connectivity index (χ3n) is 3.20. The molecule has 0 bridgehead atoms. The molecule has 0 fully saturated rings. The first-order valence-corrected chi connectivity index (χ1v) is 7.74. The first-order valence-electron chi connectivity index (χ1n) is 7.74. The van der Waals surface area contributed by atoms with Gasteiger partial charge in [-0.05, 0) is 6.92 Å². The van der Waals surface area contributed by atoms with Gasteiger partial charge in [-0.15, -0.1) is 0 Å². The van der Waals surface area contributed by atoms with Gasteiger partial charge < -0.3 is 20.8 Å². The molecule has 0 saturated heterocycles. The van der Waals surface area contributed by atoms with Crippen LogP contribution in [0, 0.1) is 5.41 Å². The first kappa shape index (κ1) is 20.0. The maximum Gasteiger partial charge on any atom is 0.255 e. The summed E-state index contributed by atoms with van der Waals surface area (Å²) >= 11 is 0. The van der Waals surface area contributed by atoms with Crippen LogP contribution in [0.1, 0.15) is 27.7 Å². The van der Waals surface area contributed by atoms with E-state index in [1.54, 1.807) is 39.8 Å². The van der Waals surface area contributed by atoms with E-state index in [9.17, 15) is 19.8 Å². The number of carbonyl (C=O) groups is 2. The van der Waals surface area contributed by atoms with Crippen LogP contribution in [0.15, 0.2) is 48.6 Å². The number of aromatic hydroxyl groups is 2. The minimum Gasteiger partial charge on any atom is -0.506 e. The van der Waals surface area contributed by atoms with Crippen molar-refractivity contribution in [3.63, 3.8) is 0 Å². The number of phenolic OH excluding ortho intramolecular Hbond substituents is 2. The number of hydrogen-bond acceptors (Lipinski definition) is 4. The molecule has 2 amide bonds. The molecule has 1 rings (SSSR count). The molecule has 6 nitrogen and oxygen atoms in total. The van der Waals surface area contributed by atoms with Crippen molar-refractivity contribution < 1.29 is 19.8 Å². The number of amides is 2. The minimum absolute atomic E-state index is 0.0238. The van der Waals surface area contributed by atoms with E-state index in [4.69, 9.17) is 0 Å². The van der Waals surface area contributed by atoms with Crippen LogP contribution in [-0.4, -0.2) is 22.0 Å². The molecule has 0 aliphatic rings. The average Bonchev–Trinajstić information content (AvgIpc) is 2.50. The number of allylic oxidation sites excluding steroid dienone is 3. The smallest absolute Gasteiger partial charge is 0.255 e. The summed E-state index contributed by atoms with van der Waals surface area (Å²) in [5.41, 5.74) is -0.241. The number of anilines is 2. The Morgan fingerprint density at radius 1 is 1.08 bits per heavy atom. The lowest BCUT2D eigenvalue weighted by Crippen LogP contribution is -2.27. The number of phenols is 2. The Balaban J connectivity index is 3.07. The van der Waals surface area contributed by atoms with Crippen molar-refractivity contribution >= 4 is 23.2 Å². The van der Waals surface area contributed by atoms with Gasteiger partial charge in [-0.2, -0.15) is 0 Å². The fourth-order valence-corrected chi connectivity index (χ4v) is 1.79. The maximum atomic E-state index is 12.2. The van der Waals surface area contributed by atoms with Gasteiger partial charge in [-0.25, -0.2) is 0 Å². The van der Waals surface area contributed by atoms with Crippen molar-refractivity contribution in [2.24, 2.45) is 5.41 Å². The third-order valence-corrected chi connectivity index (χ3v) is 3.20. The molecule has 0 unspecified atom stereocenters. The van der Waals surface area contributed by atoms with Crippen LogP contribution in [0.2, 0.25) is 0 Å². The number of rotatable bonds is 5. The van der Waals surface area contributed by atoms with Crippen LogP contribution in [-0.2, 0) is 9.59 Å². The molecule has 1 aromatic carbocycles. The molecule has 134 valence electrons. The monoisotopic (exact) mass is 344 g/mol. The fourth-order valence-electron chi connectivity index (χ4n) is 1.79. The summed E-state index contributed by atoms with van der Waals surface area (Å²) < 4.78 is 0. The summed E-state index contributed by atoms with van der Waals surface area (Å²) in [6.45, 7) is 10.5. The summed E-state index contributed by atoms with van der Waals surface area (Å²) in [7, 11) is 0. The molecule has 1 aromatic rings. The van der Waals surface area contributed by atoms with Gasteiger partial charge in [0.25, 0.3) is 5.91 Å². The molecular weight excluding hydrogens is 320 g/mol. The number of hydrogen-bond donors (Lipinski definition) is 4. The van der Waals surface area contributed by atoms with Gasteiger partial charge in [0.15, 0.2) is 0 Å². The van der Waals surface area contributed by atoms with Crippen LogP contribution >= 0.6 is 0 Å². The molecular formula is C19H24N2O4. The molecule has 6 heteroatoms. The van der Waals surface area contributed by atoms with Crippen molar-refractivity contribution in [1.82, 2.24) is 0 Å². The van der Waals surface area contributed by atoms with Gasteiger partial charge in [0.05, 0.1) is 11.4 Å². The summed E-state index contributed by atoms with van der Waals surface area (Å²) in [4.78, 5) is 24.2. The summed E-state index contributed by atoms with van der Waals surface area (Å²) in [6.07, 6.45) is 6.27. The minimum atomic E-state index is -0.661. The van der Waals surface area contributed by atoms with Crippen LogP contribution in [0.5, 0.6) is 11.5 Å². The van der Waals surface area contributed by atoms with E-state index in [0.29, 0.717) is 5.57 Å². The molecule has 0 atom stereocenters. The summed E-state index contributed by atoms with van der Waals surface area (Å²) in [5, 5.41) is 25.2. The van der Waals surface area contributed by atoms with E-state index in [2.05, 4.69) is 17.2 Å². The molecule has 4 N–H and O–H groups in total. The molecule has 0 aliphatic carbocycles. The van der Waals surface area contributed by atoms with Gasteiger partial charge >= 0.3 is 0 Å². The zero-order valence-corrected chi connectivity index (χ0v) is 14.9. The van der Waals surface area contributed by atoms with Gasteiger partial charge in [0.2, 0.25) is 5.91 Å². The Morgan fingerprint density at radius 3 is 2.04 bits per heavy atom. The number of nitrogens with one attached hydrogen (secondary N) is 2. The van der Waals surface area contributed by atoms with Crippen molar-refractivity contribution in [2.45, 2.75) is 27.7 Å². The first-order chi connectivity index (χ1) is 11.6. The van der Waals surface area contributed by atoms with Gasteiger partial charge in [-0.3, -0.25) is 9.59 Å². The lowest BCUT2D eigenvalue weighted by Gasteiger charge is -2.19. The highest BCUT2D eigenvalue weighted by Gasteiger charge is 2.23. The maximum absolute atomic E-state index is 12.2. The number of carbonyl (C=O) groups excluding carboxylic acids is 2. The highest BCUT2D eigenvalue weighted by atomic mass is 16.3. The van der Waals surface area contributed by atoms with Gasteiger partial charge in [0, 0.05) is 23.1 Å². The molecule has 0 radical (unpaired) electrons. The van der Waals surface area contributed by atoms with Crippen molar-refractivity contribution in [1.29, 1.82) is 0 Å². The molecule has 0 aliphatic heterocycles. The topological polar surface area (TPSA) is 98.7 Å². The second kappa shape index (κ2) is 8.19. The molecule has 0 aromatic heterocycles. The van der Waals surface area contributed by atoms with Gasteiger partial charge in [0.1, 0.15) is 11.5 Å². The van der Waals surface area contributed by atoms with E-state index >= 15 is 0 Å². The molecule has 25 heavy (non-hydrogen) atoms. The lowest BCUT2D eigenvalue weighted by molar-refractivity contribution is -0.123. The van der Waals surface area contributed by atoms with Crippen molar-refractivity contribution in [2.75, 3.05) is 10.6 Å². The standard InChI is InChI=1S/C19H24N2O4/c1-6-8-12(9-7-2)17(24)20-13-10-16(23)14(11-15(13)22)21-18(25)19(3,4)5/h6-11,22-23H,1H2,2-5H3,(H,20,24)(H,21,25)/b9-7-,12-8+. The predicted molar refractivity (Wildman–Crippen MR) is 99.6 cm³/mol. The Bertz CT molecular complexity index is 741. The zero-order chi connectivity index (χ0) is 19.2. The Labute approximate surface area is 147 Å².